The predicted molar refractivity (Wildman–Crippen MR) is 109 cm³/mol. The number of hydrogen-bond acceptors (Lipinski definition) is 7. The van der Waals surface area contributed by atoms with Crippen molar-refractivity contribution in [3.05, 3.63) is 53.7 Å². The first-order valence-corrected chi connectivity index (χ1v) is 9.81. The normalized spacial score (nSPS) is 14.0. The Morgan fingerprint density at radius 1 is 1.18 bits per heavy atom. The van der Waals surface area contributed by atoms with Crippen molar-refractivity contribution < 1.29 is 14.3 Å². The number of carbonyl (C=O) groups excluding carboxylic acids is 1. The Kier molecular flexibility index (Phi) is 5.50. The van der Waals surface area contributed by atoms with Gasteiger partial charge in [0, 0.05) is 24.0 Å². The highest BCUT2D eigenvalue weighted by Crippen LogP contribution is 2.26. The molecule has 1 saturated heterocycles. The first kappa shape index (κ1) is 18.4. The number of thiazole rings is 1. The van der Waals surface area contributed by atoms with Crippen molar-refractivity contribution in [3.8, 4) is 16.3 Å². The lowest BCUT2D eigenvalue weighted by Gasteiger charge is -2.28. The minimum absolute atomic E-state index is 0.275. The number of carbonyl (C=O) groups is 1. The van der Waals surface area contributed by atoms with Gasteiger partial charge in [0.15, 0.2) is 0 Å². The van der Waals surface area contributed by atoms with E-state index in [0.29, 0.717) is 11.5 Å². The van der Waals surface area contributed by atoms with Gasteiger partial charge in [-0.1, -0.05) is 0 Å². The maximum Gasteiger partial charge on any atom is 0.276 e. The van der Waals surface area contributed by atoms with Gasteiger partial charge in [-0.3, -0.25) is 4.79 Å². The summed E-state index contributed by atoms with van der Waals surface area (Å²) in [6.45, 7) is 3.14. The maximum atomic E-state index is 12.5. The lowest BCUT2D eigenvalue weighted by Crippen LogP contribution is -2.36. The lowest BCUT2D eigenvalue weighted by atomic mass is 10.2. The molecule has 1 fully saturated rings. The zero-order chi connectivity index (χ0) is 19.3. The van der Waals surface area contributed by atoms with E-state index in [9.17, 15) is 4.79 Å². The van der Waals surface area contributed by atoms with E-state index < -0.39 is 0 Å². The van der Waals surface area contributed by atoms with Crippen molar-refractivity contribution in [2.24, 2.45) is 0 Å². The van der Waals surface area contributed by atoms with E-state index in [-0.39, 0.29) is 5.91 Å². The van der Waals surface area contributed by atoms with E-state index in [1.165, 1.54) is 11.3 Å². The van der Waals surface area contributed by atoms with Crippen LogP contribution < -0.4 is 15.0 Å². The van der Waals surface area contributed by atoms with Gasteiger partial charge in [-0.15, -0.1) is 11.3 Å². The molecule has 1 aliphatic rings. The number of nitrogens with zero attached hydrogens (tertiary/aromatic N) is 3. The first-order valence-electron chi connectivity index (χ1n) is 8.93. The molecule has 0 atom stereocenters. The van der Waals surface area contributed by atoms with E-state index in [0.717, 1.165) is 48.3 Å². The molecule has 3 heterocycles. The highest BCUT2D eigenvalue weighted by Gasteiger charge is 2.14. The molecule has 144 valence electrons. The quantitative estimate of drug-likeness (QED) is 0.713. The van der Waals surface area contributed by atoms with Crippen LogP contribution in [0.5, 0.6) is 5.75 Å². The lowest BCUT2D eigenvalue weighted by molar-refractivity contribution is 0.102. The number of aromatic nitrogens is 2. The average Bonchev–Trinajstić information content (AvgIpc) is 3.25. The number of nitrogens with one attached hydrogen (secondary N) is 1. The van der Waals surface area contributed by atoms with Crippen LogP contribution >= 0.6 is 11.3 Å². The standard InChI is InChI=1S/C20H20N4O3S/c1-26-16-5-2-14(3-6-16)20-22-17(13-28-20)19(25)23-18-7-4-15(12-21-18)24-8-10-27-11-9-24/h2-7,12-13H,8-11H2,1H3,(H,21,23,25). The van der Waals surface area contributed by atoms with Crippen LogP contribution in [-0.2, 0) is 4.74 Å². The molecule has 28 heavy (non-hydrogen) atoms. The fraction of sp³-hybridized carbons (Fsp3) is 0.250. The van der Waals surface area contributed by atoms with Gasteiger partial charge < -0.3 is 19.7 Å². The van der Waals surface area contributed by atoms with Crippen molar-refractivity contribution in [1.82, 2.24) is 9.97 Å². The SMILES string of the molecule is COc1ccc(-c2nc(C(=O)Nc3ccc(N4CCOCC4)cn3)cs2)cc1. The third-order valence-corrected chi connectivity index (χ3v) is 5.33. The van der Waals surface area contributed by atoms with Gasteiger partial charge in [0.1, 0.15) is 22.3 Å². The number of amides is 1. The third-order valence-electron chi connectivity index (χ3n) is 4.44. The molecule has 3 aromatic rings. The van der Waals surface area contributed by atoms with Crippen LogP contribution in [0.4, 0.5) is 11.5 Å². The molecule has 0 aliphatic carbocycles. The van der Waals surface area contributed by atoms with Crippen LogP contribution in [0.2, 0.25) is 0 Å². The Morgan fingerprint density at radius 2 is 1.96 bits per heavy atom. The molecule has 2 aromatic heterocycles. The fourth-order valence-corrected chi connectivity index (χ4v) is 3.70. The summed E-state index contributed by atoms with van der Waals surface area (Å²) in [6.07, 6.45) is 1.77. The number of hydrogen-bond donors (Lipinski definition) is 1. The molecule has 7 nitrogen and oxygen atoms in total. The number of benzene rings is 1. The van der Waals surface area contributed by atoms with Crippen LogP contribution in [-0.4, -0.2) is 49.3 Å². The van der Waals surface area contributed by atoms with Gasteiger partial charge >= 0.3 is 0 Å². The summed E-state index contributed by atoms with van der Waals surface area (Å²) in [7, 11) is 1.63. The summed E-state index contributed by atoms with van der Waals surface area (Å²) < 4.78 is 10.5. The number of methoxy groups -OCH3 is 1. The summed E-state index contributed by atoms with van der Waals surface area (Å²) in [6, 6.07) is 11.3. The molecule has 0 spiro atoms. The van der Waals surface area contributed by atoms with Crippen LogP contribution in [0.1, 0.15) is 10.5 Å². The monoisotopic (exact) mass is 396 g/mol. The molecule has 0 bridgehead atoms. The number of rotatable bonds is 5. The first-order chi connectivity index (χ1) is 13.7. The van der Waals surface area contributed by atoms with Crippen LogP contribution in [0.3, 0.4) is 0 Å². The Hall–Kier alpha value is -2.97. The van der Waals surface area contributed by atoms with Crippen molar-refractivity contribution in [1.29, 1.82) is 0 Å². The Labute approximate surface area is 167 Å². The summed E-state index contributed by atoms with van der Waals surface area (Å²) in [4.78, 5) is 23.5. The molecule has 1 amide bonds. The zero-order valence-corrected chi connectivity index (χ0v) is 16.2. The van der Waals surface area contributed by atoms with E-state index >= 15 is 0 Å². The second-order valence-corrected chi connectivity index (χ2v) is 7.08. The van der Waals surface area contributed by atoms with E-state index in [4.69, 9.17) is 9.47 Å². The van der Waals surface area contributed by atoms with E-state index in [1.54, 1.807) is 24.8 Å². The molecular formula is C20H20N4O3S. The molecule has 1 N–H and O–H groups in total. The average molecular weight is 396 g/mol. The molecule has 0 saturated carbocycles. The molecule has 8 heteroatoms. The van der Waals surface area contributed by atoms with Crippen molar-refractivity contribution >= 4 is 28.7 Å². The molecule has 0 radical (unpaired) electrons. The molecule has 1 aromatic carbocycles. The molecule has 1 aliphatic heterocycles. The van der Waals surface area contributed by atoms with Gasteiger partial charge in [0.2, 0.25) is 0 Å². The second kappa shape index (κ2) is 8.37. The Bertz CT molecular complexity index is 935. The minimum atomic E-state index is -0.275. The van der Waals surface area contributed by atoms with Gasteiger partial charge in [0.05, 0.1) is 32.2 Å². The van der Waals surface area contributed by atoms with Gasteiger partial charge in [-0.25, -0.2) is 9.97 Å². The van der Waals surface area contributed by atoms with Gasteiger partial charge in [-0.2, -0.15) is 0 Å². The largest absolute Gasteiger partial charge is 0.497 e. The summed E-state index contributed by atoms with van der Waals surface area (Å²) >= 11 is 1.42. The van der Waals surface area contributed by atoms with Crippen LogP contribution in [0, 0.1) is 0 Å². The highest BCUT2D eigenvalue weighted by atomic mass is 32.1. The van der Waals surface area contributed by atoms with Crippen LogP contribution in [0.25, 0.3) is 10.6 Å². The van der Waals surface area contributed by atoms with Crippen molar-refractivity contribution in [3.63, 3.8) is 0 Å². The molecule has 0 unspecified atom stereocenters. The number of anilines is 2. The van der Waals surface area contributed by atoms with E-state index in [2.05, 4.69) is 20.2 Å². The molecule has 4 rings (SSSR count). The summed E-state index contributed by atoms with van der Waals surface area (Å²) in [5.41, 5.74) is 2.34. The summed E-state index contributed by atoms with van der Waals surface area (Å²) in [5, 5.41) is 5.33. The zero-order valence-electron chi connectivity index (χ0n) is 15.4. The van der Waals surface area contributed by atoms with Gasteiger partial charge in [-0.05, 0) is 36.4 Å². The summed E-state index contributed by atoms with van der Waals surface area (Å²) in [5.74, 6) is 1.01. The fourth-order valence-electron chi connectivity index (χ4n) is 2.89. The second-order valence-electron chi connectivity index (χ2n) is 6.22. The third kappa shape index (κ3) is 4.13. The molecular weight excluding hydrogens is 376 g/mol. The Morgan fingerprint density at radius 3 is 2.64 bits per heavy atom. The minimum Gasteiger partial charge on any atom is -0.497 e. The van der Waals surface area contributed by atoms with Crippen LogP contribution in [0.15, 0.2) is 48.0 Å². The number of morpholine rings is 1. The van der Waals surface area contributed by atoms with E-state index in [1.807, 2.05) is 30.3 Å². The highest BCUT2D eigenvalue weighted by molar-refractivity contribution is 7.13. The van der Waals surface area contributed by atoms with Crippen molar-refractivity contribution in [2.45, 2.75) is 0 Å². The van der Waals surface area contributed by atoms with Gasteiger partial charge in [0.25, 0.3) is 5.91 Å². The smallest absolute Gasteiger partial charge is 0.276 e. The number of pyridine rings is 1. The van der Waals surface area contributed by atoms with Crippen molar-refractivity contribution in [2.75, 3.05) is 43.6 Å². The Balaban J connectivity index is 1.41. The topological polar surface area (TPSA) is 76.6 Å². The maximum absolute atomic E-state index is 12.5. The number of ether oxygens (including phenoxy) is 2. The predicted octanol–water partition coefficient (Wildman–Crippen LogP) is 3.30.